The van der Waals surface area contributed by atoms with E-state index in [4.69, 9.17) is 4.74 Å². The molecule has 0 bridgehead atoms. The number of benzene rings is 1. The zero-order chi connectivity index (χ0) is 19.0. The van der Waals surface area contributed by atoms with Gasteiger partial charge in [-0.25, -0.2) is 8.42 Å². The van der Waals surface area contributed by atoms with Crippen molar-refractivity contribution in [2.24, 2.45) is 5.92 Å². The molecular formula is C19H24N2O5S. The van der Waals surface area contributed by atoms with Gasteiger partial charge in [0.2, 0.25) is 15.9 Å². The number of ketones is 1. The number of hydrogen-bond acceptors (Lipinski definition) is 5. The van der Waals surface area contributed by atoms with Crippen LogP contribution >= 0.6 is 0 Å². The van der Waals surface area contributed by atoms with Crippen LogP contribution in [0.2, 0.25) is 0 Å². The summed E-state index contributed by atoms with van der Waals surface area (Å²) in [5.41, 5.74) is 0.554. The molecule has 3 aliphatic rings. The SMILES string of the molecule is O=C(c1ccc(S(=O)(=O)N2CCCC2C(=O)N2CCOCC2)cc1)C1CC1. The molecule has 1 aromatic carbocycles. The van der Waals surface area contributed by atoms with Gasteiger partial charge < -0.3 is 9.64 Å². The van der Waals surface area contributed by atoms with Crippen LogP contribution in [0.5, 0.6) is 0 Å². The fraction of sp³-hybridized carbons (Fsp3) is 0.579. The number of carbonyl (C=O) groups is 2. The second-order valence-electron chi connectivity index (χ2n) is 7.37. The van der Waals surface area contributed by atoms with Crippen molar-refractivity contribution in [3.8, 4) is 0 Å². The van der Waals surface area contributed by atoms with Crippen molar-refractivity contribution in [2.75, 3.05) is 32.8 Å². The first-order valence-electron chi connectivity index (χ1n) is 9.51. The third-order valence-corrected chi connectivity index (χ3v) is 7.43. The second-order valence-corrected chi connectivity index (χ2v) is 9.26. The molecule has 0 radical (unpaired) electrons. The normalized spacial score (nSPS) is 24.1. The van der Waals surface area contributed by atoms with Gasteiger partial charge in [-0.2, -0.15) is 4.31 Å². The van der Waals surface area contributed by atoms with Crippen LogP contribution in [0.3, 0.4) is 0 Å². The Morgan fingerprint density at radius 3 is 2.26 bits per heavy atom. The van der Waals surface area contributed by atoms with E-state index in [1.165, 1.54) is 16.4 Å². The molecule has 7 nitrogen and oxygen atoms in total. The minimum atomic E-state index is -3.78. The number of ether oxygens (including phenoxy) is 1. The van der Waals surface area contributed by atoms with Crippen molar-refractivity contribution in [2.45, 2.75) is 36.6 Å². The maximum absolute atomic E-state index is 13.1. The Morgan fingerprint density at radius 2 is 1.63 bits per heavy atom. The van der Waals surface area contributed by atoms with Crippen LogP contribution in [0.4, 0.5) is 0 Å². The molecular weight excluding hydrogens is 368 g/mol. The van der Waals surface area contributed by atoms with E-state index in [0.717, 1.165) is 12.8 Å². The Morgan fingerprint density at radius 1 is 0.963 bits per heavy atom. The number of amides is 1. The summed E-state index contributed by atoms with van der Waals surface area (Å²) in [7, 11) is -3.78. The van der Waals surface area contributed by atoms with E-state index in [9.17, 15) is 18.0 Å². The Labute approximate surface area is 159 Å². The van der Waals surface area contributed by atoms with Gasteiger partial charge in [-0.3, -0.25) is 9.59 Å². The van der Waals surface area contributed by atoms with Crippen LogP contribution in [0.25, 0.3) is 0 Å². The highest BCUT2D eigenvalue weighted by atomic mass is 32.2. The first kappa shape index (κ1) is 18.6. The molecule has 0 aromatic heterocycles. The summed E-state index contributed by atoms with van der Waals surface area (Å²) in [5, 5.41) is 0. The molecule has 27 heavy (non-hydrogen) atoms. The van der Waals surface area contributed by atoms with Gasteiger partial charge in [-0.05, 0) is 37.8 Å². The largest absolute Gasteiger partial charge is 0.378 e. The quantitative estimate of drug-likeness (QED) is 0.705. The molecule has 1 aromatic rings. The molecule has 1 amide bonds. The number of sulfonamides is 1. The average Bonchev–Trinajstić information content (AvgIpc) is 3.43. The van der Waals surface area contributed by atoms with Crippen LogP contribution in [0, 0.1) is 5.92 Å². The van der Waals surface area contributed by atoms with Gasteiger partial charge in [0.25, 0.3) is 0 Å². The number of carbonyl (C=O) groups excluding carboxylic acids is 2. The van der Waals surface area contributed by atoms with Gasteiger partial charge in [-0.1, -0.05) is 12.1 Å². The van der Waals surface area contributed by atoms with Crippen molar-refractivity contribution in [1.82, 2.24) is 9.21 Å². The summed E-state index contributed by atoms with van der Waals surface area (Å²) in [6.45, 7) is 2.32. The molecule has 2 heterocycles. The highest BCUT2D eigenvalue weighted by Gasteiger charge is 2.41. The van der Waals surface area contributed by atoms with Gasteiger partial charge in [0.05, 0.1) is 18.1 Å². The molecule has 146 valence electrons. The highest BCUT2D eigenvalue weighted by Crippen LogP contribution is 2.33. The molecule has 4 rings (SSSR count). The lowest BCUT2D eigenvalue weighted by Gasteiger charge is -2.32. The third-order valence-electron chi connectivity index (χ3n) is 5.51. The van der Waals surface area contributed by atoms with E-state index in [-0.39, 0.29) is 22.5 Å². The standard InChI is InChI=1S/C19H24N2O5S/c22-18(14-3-4-14)15-5-7-16(8-6-15)27(24,25)21-9-1-2-17(21)19(23)20-10-12-26-13-11-20/h5-8,14,17H,1-4,9-13H2. The summed E-state index contributed by atoms with van der Waals surface area (Å²) in [6.07, 6.45) is 3.03. The van der Waals surface area contributed by atoms with Crippen LogP contribution < -0.4 is 0 Å². The minimum Gasteiger partial charge on any atom is -0.378 e. The van der Waals surface area contributed by atoms with Gasteiger partial charge in [-0.15, -0.1) is 0 Å². The van der Waals surface area contributed by atoms with E-state index in [1.807, 2.05) is 0 Å². The molecule has 1 unspecified atom stereocenters. The molecule has 0 spiro atoms. The van der Waals surface area contributed by atoms with Crippen molar-refractivity contribution in [3.05, 3.63) is 29.8 Å². The maximum atomic E-state index is 13.1. The predicted molar refractivity (Wildman–Crippen MR) is 97.8 cm³/mol. The highest BCUT2D eigenvalue weighted by molar-refractivity contribution is 7.89. The van der Waals surface area contributed by atoms with E-state index < -0.39 is 16.1 Å². The van der Waals surface area contributed by atoms with Crippen molar-refractivity contribution in [1.29, 1.82) is 0 Å². The van der Waals surface area contributed by atoms with Crippen molar-refractivity contribution in [3.63, 3.8) is 0 Å². The lowest BCUT2D eigenvalue weighted by molar-refractivity contribution is -0.138. The van der Waals surface area contributed by atoms with Gasteiger partial charge in [0.15, 0.2) is 5.78 Å². The Kier molecular flexibility index (Phi) is 5.05. The zero-order valence-corrected chi connectivity index (χ0v) is 16.0. The van der Waals surface area contributed by atoms with Gasteiger partial charge in [0, 0.05) is 31.1 Å². The summed E-state index contributed by atoms with van der Waals surface area (Å²) < 4.78 is 32.8. The molecule has 1 saturated carbocycles. The lowest BCUT2D eigenvalue weighted by Crippen LogP contribution is -2.50. The summed E-state index contributed by atoms with van der Waals surface area (Å²) in [4.78, 5) is 26.8. The van der Waals surface area contributed by atoms with E-state index in [1.54, 1.807) is 17.0 Å². The second kappa shape index (κ2) is 7.33. The summed E-state index contributed by atoms with van der Waals surface area (Å²) >= 11 is 0. The molecule has 0 N–H and O–H groups in total. The van der Waals surface area contributed by atoms with Gasteiger partial charge in [0.1, 0.15) is 6.04 Å². The van der Waals surface area contributed by atoms with Crippen LogP contribution in [0.1, 0.15) is 36.0 Å². The maximum Gasteiger partial charge on any atom is 0.243 e. The van der Waals surface area contributed by atoms with E-state index in [2.05, 4.69) is 0 Å². The Balaban J connectivity index is 1.53. The Hall–Kier alpha value is -1.77. The molecule has 2 saturated heterocycles. The summed E-state index contributed by atoms with van der Waals surface area (Å²) in [5.74, 6) is 0.0435. The predicted octanol–water partition coefficient (Wildman–Crippen LogP) is 1.29. The molecule has 3 fully saturated rings. The minimum absolute atomic E-state index is 0.0838. The molecule has 1 atom stereocenters. The summed E-state index contributed by atoms with van der Waals surface area (Å²) in [6, 6.07) is 5.49. The molecule has 1 aliphatic carbocycles. The first-order valence-corrected chi connectivity index (χ1v) is 10.9. The fourth-order valence-electron chi connectivity index (χ4n) is 3.78. The lowest BCUT2D eigenvalue weighted by atomic mass is 10.1. The topological polar surface area (TPSA) is 84.0 Å². The van der Waals surface area contributed by atoms with Crippen molar-refractivity contribution < 1.29 is 22.7 Å². The first-order chi connectivity index (χ1) is 13.0. The number of nitrogens with zero attached hydrogens (tertiary/aromatic N) is 2. The molecule has 8 heteroatoms. The number of morpholine rings is 1. The average molecular weight is 392 g/mol. The molecule has 2 aliphatic heterocycles. The number of hydrogen-bond donors (Lipinski definition) is 0. The smallest absolute Gasteiger partial charge is 0.243 e. The fourth-order valence-corrected chi connectivity index (χ4v) is 5.43. The van der Waals surface area contributed by atoms with Crippen molar-refractivity contribution >= 4 is 21.7 Å². The zero-order valence-electron chi connectivity index (χ0n) is 15.2. The third kappa shape index (κ3) is 3.66. The van der Waals surface area contributed by atoms with Gasteiger partial charge >= 0.3 is 0 Å². The van der Waals surface area contributed by atoms with Crippen LogP contribution in [-0.4, -0.2) is 68.2 Å². The van der Waals surface area contributed by atoms with E-state index >= 15 is 0 Å². The monoisotopic (exact) mass is 392 g/mol. The number of rotatable bonds is 5. The Bertz CT molecular complexity index is 826. The number of Topliss-reactive ketones (excluding diaryl/α,β-unsaturated/α-hetero) is 1. The van der Waals surface area contributed by atoms with Crippen LogP contribution in [0.15, 0.2) is 29.2 Å². The van der Waals surface area contributed by atoms with E-state index in [0.29, 0.717) is 51.3 Å². The van der Waals surface area contributed by atoms with Crippen LogP contribution in [-0.2, 0) is 19.6 Å².